The number of thiol groups is 1. The van der Waals surface area contributed by atoms with Gasteiger partial charge in [0, 0.05) is 11.9 Å². The second-order valence-corrected chi connectivity index (χ2v) is 9.32. The maximum atomic E-state index is 10.2. The smallest absolute Gasteiger partial charge is 0.0889 e. The summed E-state index contributed by atoms with van der Waals surface area (Å²) in [4.78, 5) is 0. The summed E-state index contributed by atoms with van der Waals surface area (Å²) in [5, 5.41) is 10.2. The molecule has 1 N–H and O–H groups in total. The van der Waals surface area contributed by atoms with E-state index in [1.54, 1.807) is 0 Å². The van der Waals surface area contributed by atoms with Crippen LogP contribution in [0.15, 0.2) is 0 Å². The van der Waals surface area contributed by atoms with Crippen LogP contribution in [0.2, 0.25) is 0 Å². The Kier molecular flexibility index (Phi) is 23.8. The highest BCUT2D eigenvalue weighted by Gasteiger charge is 2.14. The van der Waals surface area contributed by atoms with Gasteiger partial charge in [-0.25, -0.2) is 0 Å². The van der Waals surface area contributed by atoms with Crippen molar-refractivity contribution in [1.82, 2.24) is 0 Å². The van der Waals surface area contributed by atoms with Crippen molar-refractivity contribution < 1.29 is 9.84 Å². The molecule has 2 atom stereocenters. The van der Waals surface area contributed by atoms with E-state index in [1.807, 2.05) is 0 Å². The van der Waals surface area contributed by atoms with Crippen LogP contribution in [0.4, 0.5) is 0 Å². The lowest BCUT2D eigenvalue weighted by atomic mass is 10.0. The first-order valence-corrected chi connectivity index (χ1v) is 13.2. The molecule has 2 unspecified atom stereocenters. The average Bonchev–Trinajstić information content (AvgIpc) is 2.70. The fourth-order valence-corrected chi connectivity index (χ4v) is 3.96. The molecule has 0 radical (unpaired) electrons. The lowest BCUT2D eigenvalue weighted by Crippen LogP contribution is -2.26. The van der Waals surface area contributed by atoms with Gasteiger partial charge < -0.3 is 9.84 Å². The molecule has 0 spiro atoms. The standard InChI is InChI=1S/C25H52O2S/c1-3-5-7-9-11-13-14-15-17-19-21-25(28)24(26)23-27-22-20-18-16-12-10-8-6-4-2/h24-26,28H,3-23H2,1-2H3. The van der Waals surface area contributed by atoms with Gasteiger partial charge in [0.2, 0.25) is 0 Å². The monoisotopic (exact) mass is 416 g/mol. The predicted octanol–water partition coefficient (Wildman–Crippen LogP) is 8.11. The van der Waals surface area contributed by atoms with Crippen LogP contribution in [-0.2, 0) is 4.74 Å². The Hall–Kier alpha value is 0.270. The van der Waals surface area contributed by atoms with Crippen LogP contribution < -0.4 is 0 Å². The molecule has 0 heterocycles. The van der Waals surface area contributed by atoms with Crippen LogP contribution >= 0.6 is 12.6 Å². The Morgan fingerprint density at radius 1 is 0.607 bits per heavy atom. The van der Waals surface area contributed by atoms with Crippen LogP contribution in [0.5, 0.6) is 0 Å². The molecule has 28 heavy (non-hydrogen) atoms. The Morgan fingerprint density at radius 2 is 1.00 bits per heavy atom. The van der Waals surface area contributed by atoms with E-state index in [0.717, 1.165) is 19.4 Å². The molecule has 0 aromatic heterocycles. The Bertz CT molecular complexity index is 258. The molecule has 0 aliphatic rings. The molecule has 0 fully saturated rings. The lowest BCUT2D eigenvalue weighted by Gasteiger charge is -2.18. The SMILES string of the molecule is CCCCCCCCCCCCC(S)C(O)COCCCCCCCCCC. The number of rotatable bonds is 23. The first-order chi connectivity index (χ1) is 13.7. The minimum absolute atomic E-state index is 0.0626. The van der Waals surface area contributed by atoms with Gasteiger partial charge >= 0.3 is 0 Å². The molecule has 2 nitrogen and oxygen atoms in total. The van der Waals surface area contributed by atoms with E-state index in [9.17, 15) is 5.11 Å². The molecular formula is C25H52O2S. The van der Waals surface area contributed by atoms with Gasteiger partial charge in [-0.1, -0.05) is 123 Å². The molecule has 0 amide bonds. The molecule has 0 aliphatic heterocycles. The highest BCUT2D eigenvalue weighted by molar-refractivity contribution is 7.81. The molecule has 3 heteroatoms. The maximum absolute atomic E-state index is 10.2. The van der Waals surface area contributed by atoms with Crippen molar-refractivity contribution in [2.75, 3.05) is 13.2 Å². The van der Waals surface area contributed by atoms with Gasteiger partial charge in [0.15, 0.2) is 0 Å². The zero-order valence-corrected chi connectivity index (χ0v) is 20.2. The number of aliphatic hydroxyl groups is 1. The van der Waals surface area contributed by atoms with Crippen LogP contribution in [0, 0.1) is 0 Å². The highest BCUT2D eigenvalue weighted by atomic mass is 32.1. The second-order valence-electron chi connectivity index (χ2n) is 8.66. The molecule has 0 saturated carbocycles. The summed E-state index contributed by atoms with van der Waals surface area (Å²) in [7, 11) is 0. The highest BCUT2D eigenvalue weighted by Crippen LogP contribution is 2.16. The van der Waals surface area contributed by atoms with E-state index in [-0.39, 0.29) is 5.25 Å². The van der Waals surface area contributed by atoms with Gasteiger partial charge in [-0.15, -0.1) is 0 Å². The van der Waals surface area contributed by atoms with Gasteiger partial charge in [0.25, 0.3) is 0 Å². The lowest BCUT2D eigenvalue weighted by molar-refractivity contribution is 0.0332. The summed E-state index contributed by atoms with van der Waals surface area (Å²) in [6.45, 7) is 5.76. The quantitative estimate of drug-likeness (QED) is 0.130. The second kappa shape index (κ2) is 23.5. The first kappa shape index (κ1) is 28.3. The zero-order chi connectivity index (χ0) is 20.7. The van der Waals surface area contributed by atoms with Crippen molar-refractivity contribution >= 4 is 12.6 Å². The molecule has 0 rings (SSSR count). The fourth-order valence-electron chi connectivity index (χ4n) is 3.69. The number of ether oxygens (including phenoxy) is 1. The van der Waals surface area contributed by atoms with E-state index >= 15 is 0 Å². The van der Waals surface area contributed by atoms with Gasteiger partial charge in [-0.2, -0.15) is 12.6 Å². The minimum Gasteiger partial charge on any atom is -0.390 e. The molecule has 0 aromatic rings. The van der Waals surface area contributed by atoms with Crippen molar-refractivity contribution in [3.05, 3.63) is 0 Å². The average molecular weight is 417 g/mol. The van der Waals surface area contributed by atoms with Crippen LogP contribution in [0.25, 0.3) is 0 Å². The predicted molar refractivity (Wildman–Crippen MR) is 129 cm³/mol. The van der Waals surface area contributed by atoms with E-state index in [0.29, 0.717) is 6.61 Å². The van der Waals surface area contributed by atoms with Crippen molar-refractivity contribution in [2.24, 2.45) is 0 Å². The van der Waals surface area contributed by atoms with E-state index < -0.39 is 6.10 Å². The normalized spacial score (nSPS) is 13.7. The minimum atomic E-state index is -0.420. The van der Waals surface area contributed by atoms with Crippen LogP contribution in [-0.4, -0.2) is 29.7 Å². The number of unbranched alkanes of at least 4 members (excludes halogenated alkanes) is 16. The molecule has 0 bridgehead atoms. The third-order valence-electron chi connectivity index (χ3n) is 5.73. The van der Waals surface area contributed by atoms with E-state index in [1.165, 1.54) is 109 Å². The van der Waals surface area contributed by atoms with Gasteiger partial charge in [-0.05, 0) is 12.8 Å². The van der Waals surface area contributed by atoms with Crippen molar-refractivity contribution in [3.8, 4) is 0 Å². The zero-order valence-electron chi connectivity index (χ0n) is 19.3. The van der Waals surface area contributed by atoms with E-state index in [4.69, 9.17) is 4.74 Å². The van der Waals surface area contributed by atoms with Gasteiger partial charge in [-0.3, -0.25) is 0 Å². The number of hydrogen-bond donors (Lipinski definition) is 2. The molecule has 170 valence electrons. The largest absolute Gasteiger partial charge is 0.390 e. The van der Waals surface area contributed by atoms with Crippen LogP contribution in [0.1, 0.15) is 136 Å². The summed E-state index contributed by atoms with van der Waals surface area (Å²) < 4.78 is 5.66. The van der Waals surface area contributed by atoms with Crippen molar-refractivity contribution in [3.63, 3.8) is 0 Å². The van der Waals surface area contributed by atoms with E-state index in [2.05, 4.69) is 26.5 Å². The van der Waals surface area contributed by atoms with Crippen molar-refractivity contribution in [2.45, 2.75) is 147 Å². The molecule has 0 aliphatic carbocycles. The topological polar surface area (TPSA) is 29.5 Å². The summed E-state index contributed by atoms with van der Waals surface area (Å²) >= 11 is 4.59. The Balaban J connectivity index is 3.30. The molecule has 0 aromatic carbocycles. The van der Waals surface area contributed by atoms with Crippen molar-refractivity contribution in [1.29, 1.82) is 0 Å². The summed E-state index contributed by atoms with van der Waals surface area (Å²) in [6, 6.07) is 0. The number of aliphatic hydroxyl groups excluding tert-OH is 1. The third kappa shape index (κ3) is 21.0. The first-order valence-electron chi connectivity index (χ1n) is 12.7. The maximum Gasteiger partial charge on any atom is 0.0889 e. The third-order valence-corrected chi connectivity index (χ3v) is 6.33. The number of hydrogen-bond acceptors (Lipinski definition) is 3. The van der Waals surface area contributed by atoms with Gasteiger partial charge in [0.05, 0.1) is 12.7 Å². The summed E-state index contributed by atoms with van der Waals surface area (Å²) in [5.74, 6) is 0. The molecule has 0 saturated heterocycles. The molecular weight excluding hydrogens is 364 g/mol. The van der Waals surface area contributed by atoms with Gasteiger partial charge in [0.1, 0.15) is 0 Å². The Morgan fingerprint density at radius 3 is 1.46 bits per heavy atom. The fraction of sp³-hybridized carbons (Fsp3) is 1.00. The summed E-state index contributed by atoms with van der Waals surface area (Å²) in [5.41, 5.74) is 0. The Labute approximate surface area is 183 Å². The summed E-state index contributed by atoms with van der Waals surface area (Å²) in [6.07, 6.45) is 24.6. The van der Waals surface area contributed by atoms with Crippen LogP contribution in [0.3, 0.4) is 0 Å².